The molecule has 1 amide bonds. The molecule has 2 aromatic carbocycles. The number of nitro groups is 1. The summed E-state index contributed by atoms with van der Waals surface area (Å²) in [5, 5.41) is 16.0. The third-order valence-corrected chi connectivity index (χ3v) is 3.33. The zero-order chi connectivity index (χ0) is 17.7. The fourth-order valence-corrected chi connectivity index (χ4v) is 2.06. The Bertz CT molecular complexity index is 785. The van der Waals surface area contributed by atoms with Gasteiger partial charge in [0.15, 0.2) is 0 Å². The summed E-state index contributed by atoms with van der Waals surface area (Å²) in [5.41, 5.74) is 0.628. The van der Waals surface area contributed by atoms with Gasteiger partial charge >= 0.3 is 0 Å². The Balaban J connectivity index is 2.01. The molecule has 0 saturated carbocycles. The molecule has 0 radical (unpaired) electrons. The van der Waals surface area contributed by atoms with E-state index in [1.54, 1.807) is 0 Å². The largest absolute Gasteiger partial charge is 0.494 e. The quantitative estimate of drug-likeness (QED) is 0.613. The molecule has 9 heteroatoms. The van der Waals surface area contributed by atoms with Gasteiger partial charge in [0.05, 0.1) is 35.4 Å². The second kappa shape index (κ2) is 7.60. The molecule has 0 saturated heterocycles. The number of nitrogens with zero attached hydrogens (tertiary/aromatic N) is 1. The number of non-ortho nitro benzene ring substituents is 1. The van der Waals surface area contributed by atoms with Gasteiger partial charge in [0.1, 0.15) is 11.6 Å². The van der Waals surface area contributed by atoms with E-state index in [2.05, 4.69) is 10.6 Å². The number of amides is 1. The smallest absolute Gasteiger partial charge is 0.273 e. The van der Waals surface area contributed by atoms with E-state index in [0.29, 0.717) is 11.4 Å². The molecule has 0 unspecified atom stereocenters. The number of halogens is 2. The van der Waals surface area contributed by atoms with Crippen LogP contribution < -0.4 is 15.4 Å². The summed E-state index contributed by atoms with van der Waals surface area (Å²) < 4.78 is 18.1. The van der Waals surface area contributed by atoms with E-state index in [-0.39, 0.29) is 23.0 Å². The molecule has 0 atom stereocenters. The Morgan fingerprint density at radius 2 is 2.08 bits per heavy atom. The first-order valence-electron chi connectivity index (χ1n) is 6.72. The number of nitro benzene ring substituents is 1. The van der Waals surface area contributed by atoms with Crippen LogP contribution in [-0.4, -0.2) is 24.5 Å². The maximum Gasteiger partial charge on any atom is 0.273 e. The topological polar surface area (TPSA) is 93.5 Å². The van der Waals surface area contributed by atoms with Gasteiger partial charge in [-0.3, -0.25) is 14.9 Å². The Labute approximate surface area is 141 Å². The van der Waals surface area contributed by atoms with Crippen molar-refractivity contribution in [2.45, 2.75) is 0 Å². The predicted octanol–water partition coefficient (Wildman–Crippen LogP) is 3.45. The fourth-order valence-electron chi connectivity index (χ4n) is 1.88. The van der Waals surface area contributed by atoms with Crippen LogP contribution >= 0.6 is 11.6 Å². The van der Waals surface area contributed by atoms with Gasteiger partial charge in [0, 0.05) is 11.8 Å². The lowest BCUT2D eigenvalue weighted by Gasteiger charge is -2.11. The number of carbonyl (C=O) groups is 1. The molecule has 0 spiro atoms. The molecule has 7 nitrogen and oxygen atoms in total. The van der Waals surface area contributed by atoms with Gasteiger partial charge in [-0.25, -0.2) is 4.39 Å². The van der Waals surface area contributed by atoms with Gasteiger partial charge in [-0.15, -0.1) is 0 Å². The average Bonchev–Trinajstić information content (AvgIpc) is 2.56. The minimum atomic E-state index is -0.562. The number of carbonyl (C=O) groups excluding carboxylic acids is 1. The van der Waals surface area contributed by atoms with Crippen molar-refractivity contribution in [3.63, 3.8) is 0 Å². The Hall–Kier alpha value is -2.87. The summed E-state index contributed by atoms with van der Waals surface area (Å²) in [4.78, 5) is 22.1. The SMILES string of the molecule is COc1cc([N+](=O)[O-])ccc1NC(=O)CNc1ccc(F)c(Cl)c1. The third-order valence-electron chi connectivity index (χ3n) is 3.04. The zero-order valence-electron chi connectivity index (χ0n) is 12.5. The average molecular weight is 354 g/mol. The van der Waals surface area contributed by atoms with Crippen LogP contribution in [0.15, 0.2) is 36.4 Å². The summed E-state index contributed by atoms with van der Waals surface area (Å²) >= 11 is 5.65. The van der Waals surface area contributed by atoms with Gasteiger partial charge in [-0.1, -0.05) is 11.6 Å². The standard InChI is InChI=1S/C15H13ClFN3O4/c1-24-14-7-10(20(22)23)3-5-13(14)19-15(21)8-18-9-2-4-12(17)11(16)6-9/h2-7,18H,8H2,1H3,(H,19,21). The molecule has 0 aliphatic heterocycles. The van der Waals surface area contributed by atoms with E-state index in [9.17, 15) is 19.3 Å². The van der Waals surface area contributed by atoms with Crippen LogP contribution in [0.2, 0.25) is 5.02 Å². The second-order valence-electron chi connectivity index (χ2n) is 4.67. The van der Waals surface area contributed by atoms with E-state index >= 15 is 0 Å². The molecule has 2 N–H and O–H groups in total. The molecule has 0 bridgehead atoms. The molecule has 0 aromatic heterocycles. The number of benzene rings is 2. The minimum absolute atomic E-state index is 0.0579. The van der Waals surface area contributed by atoms with E-state index in [1.165, 1.54) is 43.5 Å². The van der Waals surface area contributed by atoms with Gasteiger partial charge in [-0.2, -0.15) is 0 Å². The number of ether oxygens (including phenoxy) is 1. The summed E-state index contributed by atoms with van der Waals surface area (Å²) in [6, 6.07) is 7.83. The van der Waals surface area contributed by atoms with Crippen molar-refractivity contribution in [2.24, 2.45) is 0 Å². The van der Waals surface area contributed by atoms with Crippen LogP contribution in [-0.2, 0) is 4.79 Å². The van der Waals surface area contributed by atoms with Crippen molar-refractivity contribution >= 4 is 34.6 Å². The van der Waals surface area contributed by atoms with Crippen molar-refractivity contribution in [2.75, 3.05) is 24.3 Å². The maximum atomic E-state index is 13.1. The monoisotopic (exact) mass is 353 g/mol. The molecule has 0 aliphatic carbocycles. The number of anilines is 2. The summed E-state index contributed by atoms with van der Waals surface area (Å²) in [7, 11) is 1.34. The van der Waals surface area contributed by atoms with Gasteiger partial charge in [-0.05, 0) is 24.3 Å². The van der Waals surface area contributed by atoms with Crippen LogP contribution in [0.1, 0.15) is 0 Å². The van der Waals surface area contributed by atoms with Crippen LogP contribution in [0, 0.1) is 15.9 Å². The van der Waals surface area contributed by atoms with Crippen LogP contribution in [0.5, 0.6) is 5.75 Å². The highest BCUT2D eigenvalue weighted by Crippen LogP contribution is 2.29. The number of methoxy groups -OCH3 is 1. The number of hydrogen-bond donors (Lipinski definition) is 2. The van der Waals surface area contributed by atoms with E-state index in [0.717, 1.165) is 0 Å². The third kappa shape index (κ3) is 4.32. The first kappa shape index (κ1) is 17.5. The molecular weight excluding hydrogens is 341 g/mol. The second-order valence-corrected chi connectivity index (χ2v) is 5.08. The zero-order valence-corrected chi connectivity index (χ0v) is 13.3. The van der Waals surface area contributed by atoms with Crippen LogP contribution in [0.4, 0.5) is 21.5 Å². The van der Waals surface area contributed by atoms with Crippen molar-refractivity contribution < 1.29 is 18.8 Å². The Kier molecular flexibility index (Phi) is 5.54. The lowest BCUT2D eigenvalue weighted by Crippen LogP contribution is -2.22. The van der Waals surface area contributed by atoms with E-state index < -0.39 is 16.6 Å². The highest BCUT2D eigenvalue weighted by molar-refractivity contribution is 6.31. The number of hydrogen-bond acceptors (Lipinski definition) is 5. The summed E-state index contributed by atoms with van der Waals surface area (Å²) in [6.07, 6.45) is 0. The predicted molar refractivity (Wildman–Crippen MR) is 88.2 cm³/mol. The van der Waals surface area contributed by atoms with Crippen LogP contribution in [0.25, 0.3) is 0 Å². The molecule has 2 aromatic rings. The molecule has 0 heterocycles. The van der Waals surface area contributed by atoms with Crippen LogP contribution in [0.3, 0.4) is 0 Å². The highest BCUT2D eigenvalue weighted by atomic mass is 35.5. The molecule has 24 heavy (non-hydrogen) atoms. The molecule has 0 aliphatic rings. The molecule has 126 valence electrons. The van der Waals surface area contributed by atoms with Crippen molar-refractivity contribution in [1.82, 2.24) is 0 Å². The molecular formula is C15H13ClFN3O4. The number of rotatable bonds is 6. The van der Waals surface area contributed by atoms with Crippen molar-refractivity contribution in [1.29, 1.82) is 0 Å². The molecule has 2 rings (SSSR count). The normalized spacial score (nSPS) is 10.1. The van der Waals surface area contributed by atoms with Gasteiger partial charge < -0.3 is 15.4 Å². The Morgan fingerprint density at radius 1 is 1.33 bits per heavy atom. The van der Waals surface area contributed by atoms with Crippen molar-refractivity contribution in [3.8, 4) is 5.75 Å². The lowest BCUT2D eigenvalue weighted by atomic mass is 10.2. The van der Waals surface area contributed by atoms with E-state index in [1.807, 2.05) is 0 Å². The van der Waals surface area contributed by atoms with Crippen molar-refractivity contribution in [3.05, 3.63) is 57.4 Å². The fraction of sp³-hybridized carbons (Fsp3) is 0.133. The lowest BCUT2D eigenvalue weighted by molar-refractivity contribution is -0.384. The number of nitrogens with one attached hydrogen (secondary N) is 2. The first-order chi connectivity index (χ1) is 11.4. The maximum absolute atomic E-state index is 13.1. The minimum Gasteiger partial charge on any atom is -0.494 e. The summed E-state index contributed by atoms with van der Waals surface area (Å²) in [6.45, 7) is -0.109. The highest BCUT2D eigenvalue weighted by Gasteiger charge is 2.13. The first-order valence-corrected chi connectivity index (χ1v) is 7.09. The van der Waals surface area contributed by atoms with Gasteiger partial charge in [0.2, 0.25) is 5.91 Å². The van der Waals surface area contributed by atoms with E-state index in [4.69, 9.17) is 16.3 Å². The Morgan fingerprint density at radius 3 is 2.71 bits per heavy atom. The van der Waals surface area contributed by atoms with Gasteiger partial charge in [0.25, 0.3) is 5.69 Å². The molecule has 0 fully saturated rings. The summed E-state index contributed by atoms with van der Waals surface area (Å²) in [5.74, 6) is -0.799.